The van der Waals surface area contributed by atoms with Crippen LogP contribution < -0.4 is 15.4 Å². The lowest BCUT2D eigenvalue weighted by molar-refractivity contribution is -0.118. The average molecular weight is 354 g/mol. The van der Waals surface area contributed by atoms with Gasteiger partial charge in [0.05, 0.1) is 6.10 Å². The number of rotatable bonds is 8. The minimum atomic E-state index is -0.170. The number of hydrogen-bond acceptors (Lipinski definition) is 4. The Hall–Kier alpha value is -2.37. The topological polar surface area (TPSA) is 59.6 Å². The summed E-state index contributed by atoms with van der Waals surface area (Å²) in [5.41, 5.74) is 2.97. The number of amides is 1. The van der Waals surface area contributed by atoms with Crippen LogP contribution in [0.5, 0.6) is 5.75 Å². The smallest absolute Gasteiger partial charge is 0.262 e. The lowest BCUT2D eigenvalue weighted by atomic mass is 10.2. The molecule has 2 N–H and O–H groups in total. The number of carbonyl (C=O) groups excluding carboxylic acids is 1. The Morgan fingerprint density at radius 1 is 1.19 bits per heavy atom. The molecule has 2 aromatic carbocycles. The van der Waals surface area contributed by atoms with E-state index >= 15 is 0 Å². The molecule has 1 fully saturated rings. The molecule has 1 aliphatic heterocycles. The highest BCUT2D eigenvalue weighted by atomic mass is 16.5. The first kappa shape index (κ1) is 18.4. The summed E-state index contributed by atoms with van der Waals surface area (Å²) >= 11 is 0. The fourth-order valence-corrected chi connectivity index (χ4v) is 2.94. The van der Waals surface area contributed by atoms with E-state index in [1.165, 1.54) is 0 Å². The van der Waals surface area contributed by atoms with E-state index in [1.807, 2.05) is 55.5 Å². The molecule has 1 heterocycles. The van der Waals surface area contributed by atoms with Crippen LogP contribution in [0.15, 0.2) is 48.5 Å². The van der Waals surface area contributed by atoms with Crippen LogP contribution in [0.1, 0.15) is 24.0 Å². The largest absolute Gasteiger partial charge is 0.483 e. The summed E-state index contributed by atoms with van der Waals surface area (Å²) in [7, 11) is 0. The molecular weight excluding hydrogens is 328 g/mol. The lowest BCUT2D eigenvalue weighted by Crippen LogP contribution is -2.26. The Morgan fingerprint density at radius 3 is 2.77 bits per heavy atom. The normalized spacial score (nSPS) is 16.4. The molecular formula is C21H26N2O3. The van der Waals surface area contributed by atoms with E-state index in [-0.39, 0.29) is 12.5 Å². The van der Waals surface area contributed by atoms with Gasteiger partial charge in [-0.05, 0) is 38.0 Å². The Morgan fingerprint density at radius 2 is 2.00 bits per heavy atom. The molecule has 5 heteroatoms. The van der Waals surface area contributed by atoms with E-state index in [4.69, 9.17) is 9.47 Å². The number of carbonyl (C=O) groups is 1. The molecule has 1 atom stereocenters. The standard InChI is InChI=1S/C21H26N2O3/c1-16-8-10-18(11-9-16)23-21(24)15-26-20-7-3-2-5-17(20)13-22-14-19-6-4-12-25-19/h2-3,5,7-11,19,22H,4,6,12-15H2,1H3,(H,23,24). The first-order valence-corrected chi connectivity index (χ1v) is 9.10. The van der Waals surface area contributed by atoms with Gasteiger partial charge in [-0.3, -0.25) is 4.79 Å². The van der Waals surface area contributed by atoms with Crippen LogP contribution in [0, 0.1) is 6.92 Å². The van der Waals surface area contributed by atoms with Gasteiger partial charge in [0.2, 0.25) is 0 Å². The van der Waals surface area contributed by atoms with Gasteiger partial charge in [0.1, 0.15) is 5.75 Å². The number of para-hydroxylation sites is 1. The maximum absolute atomic E-state index is 12.1. The minimum absolute atomic E-state index is 0.0172. The molecule has 138 valence electrons. The second kappa shape index (κ2) is 9.36. The van der Waals surface area contributed by atoms with Gasteiger partial charge in [0.15, 0.2) is 6.61 Å². The SMILES string of the molecule is Cc1ccc(NC(=O)COc2ccccc2CNCC2CCCO2)cc1. The highest BCUT2D eigenvalue weighted by Gasteiger charge is 2.15. The summed E-state index contributed by atoms with van der Waals surface area (Å²) in [6.07, 6.45) is 2.57. The summed E-state index contributed by atoms with van der Waals surface area (Å²) < 4.78 is 11.4. The van der Waals surface area contributed by atoms with Gasteiger partial charge >= 0.3 is 0 Å². The van der Waals surface area contributed by atoms with Crippen LogP contribution in [0.2, 0.25) is 0 Å². The molecule has 1 unspecified atom stereocenters. The van der Waals surface area contributed by atoms with Gasteiger partial charge in [-0.25, -0.2) is 0 Å². The summed E-state index contributed by atoms with van der Waals surface area (Å²) in [4.78, 5) is 12.1. The van der Waals surface area contributed by atoms with Gasteiger partial charge in [0, 0.05) is 30.9 Å². The zero-order valence-corrected chi connectivity index (χ0v) is 15.2. The number of hydrogen-bond donors (Lipinski definition) is 2. The van der Waals surface area contributed by atoms with E-state index < -0.39 is 0 Å². The fourth-order valence-electron chi connectivity index (χ4n) is 2.94. The zero-order chi connectivity index (χ0) is 18.2. The van der Waals surface area contributed by atoms with Gasteiger partial charge in [-0.15, -0.1) is 0 Å². The Labute approximate surface area is 154 Å². The number of nitrogens with one attached hydrogen (secondary N) is 2. The van der Waals surface area contributed by atoms with Crippen LogP contribution in [0.4, 0.5) is 5.69 Å². The third kappa shape index (κ3) is 5.58. The van der Waals surface area contributed by atoms with Crippen molar-refractivity contribution < 1.29 is 14.3 Å². The van der Waals surface area contributed by atoms with Gasteiger partial charge < -0.3 is 20.1 Å². The second-order valence-corrected chi connectivity index (χ2v) is 6.58. The molecule has 1 saturated heterocycles. The molecule has 3 rings (SSSR count). The van der Waals surface area contributed by atoms with Crippen molar-refractivity contribution in [2.75, 3.05) is 25.1 Å². The van der Waals surface area contributed by atoms with Crippen LogP contribution in [-0.2, 0) is 16.1 Å². The summed E-state index contributed by atoms with van der Waals surface area (Å²) in [5, 5.41) is 6.25. The maximum atomic E-state index is 12.1. The van der Waals surface area contributed by atoms with Crippen molar-refractivity contribution in [3.63, 3.8) is 0 Å². The van der Waals surface area contributed by atoms with E-state index in [1.54, 1.807) is 0 Å². The van der Waals surface area contributed by atoms with E-state index in [9.17, 15) is 4.79 Å². The van der Waals surface area contributed by atoms with Crippen LogP contribution in [0.3, 0.4) is 0 Å². The van der Waals surface area contributed by atoms with Crippen LogP contribution in [-0.4, -0.2) is 31.8 Å². The predicted octanol–water partition coefficient (Wildman–Crippen LogP) is 3.28. The van der Waals surface area contributed by atoms with Gasteiger partial charge in [0.25, 0.3) is 5.91 Å². The van der Waals surface area contributed by atoms with Gasteiger partial charge in [-0.1, -0.05) is 35.9 Å². The van der Waals surface area contributed by atoms with E-state index in [2.05, 4.69) is 10.6 Å². The maximum Gasteiger partial charge on any atom is 0.262 e. The zero-order valence-electron chi connectivity index (χ0n) is 15.2. The number of anilines is 1. The van der Waals surface area contributed by atoms with Crippen molar-refractivity contribution in [2.24, 2.45) is 0 Å². The molecule has 0 bridgehead atoms. The van der Waals surface area contributed by atoms with Gasteiger partial charge in [-0.2, -0.15) is 0 Å². The number of aryl methyl sites for hydroxylation is 1. The van der Waals surface area contributed by atoms with Crippen LogP contribution >= 0.6 is 0 Å². The van der Waals surface area contributed by atoms with E-state index in [0.717, 1.165) is 48.6 Å². The molecule has 1 aliphatic rings. The third-order valence-corrected chi connectivity index (χ3v) is 4.38. The van der Waals surface area contributed by atoms with Crippen molar-refractivity contribution in [1.29, 1.82) is 0 Å². The quantitative estimate of drug-likeness (QED) is 0.764. The predicted molar refractivity (Wildman–Crippen MR) is 102 cm³/mol. The Balaban J connectivity index is 1.47. The lowest BCUT2D eigenvalue weighted by Gasteiger charge is -2.14. The molecule has 0 aromatic heterocycles. The molecule has 0 saturated carbocycles. The highest BCUT2D eigenvalue weighted by molar-refractivity contribution is 5.91. The van der Waals surface area contributed by atoms with Crippen molar-refractivity contribution in [3.05, 3.63) is 59.7 Å². The van der Waals surface area contributed by atoms with E-state index in [0.29, 0.717) is 12.6 Å². The minimum Gasteiger partial charge on any atom is -0.483 e. The monoisotopic (exact) mass is 354 g/mol. The highest BCUT2D eigenvalue weighted by Crippen LogP contribution is 2.18. The first-order chi connectivity index (χ1) is 12.7. The first-order valence-electron chi connectivity index (χ1n) is 9.10. The molecule has 1 amide bonds. The molecule has 0 radical (unpaired) electrons. The summed E-state index contributed by atoms with van der Waals surface area (Å²) in [6.45, 7) is 4.38. The molecule has 0 aliphatic carbocycles. The summed E-state index contributed by atoms with van der Waals surface area (Å²) in [6, 6.07) is 15.5. The summed E-state index contributed by atoms with van der Waals surface area (Å²) in [5.74, 6) is 0.558. The third-order valence-electron chi connectivity index (χ3n) is 4.38. The average Bonchev–Trinajstić information content (AvgIpc) is 3.16. The number of benzene rings is 2. The van der Waals surface area contributed by atoms with Crippen molar-refractivity contribution >= 4 is 11.6 Å². The molecule has 5 nitrogen and oxygen atoms in total. The van der Waals surface area contributed by atoms with Crippen molar-refractivity contribution in [1.82, 2.24) is 5.32 Å². The van der Waals surface area contributed by atoms with Crippen molar-refractivity contribution in [2.45, 2.75) is 32.4 Å². The molecule has 2 aromatic rings. The molecule has 0 spiro atoms. The number of ether oxygens (including phenoxy) is 2. The fraction of sp³-hybridized carbons (Fsp3) is 0.381. The van der Waals surface area contributed by atoms with Crippen LogP contribution in [0.25, 0.3) is 0 Å². The van der Waals surface area contributed by atoms with Crippen molar-refractivity contribution in [3.8, 4) is 5.75 Å². The molecule has 26 heavy (non-hydrogen) atoms. The Bertz CT molecular complexity index is 709. The second-order valence-electron chi connectivity index (χ2n) is 6.58. The Kier molecular flexibility index (Phi) is 6.63.